The van der Waals surface area contributed by atoms with Gasteiger partial charge in [0.05, 0.1) is 0 Å². The van der Waals surface area contributed by atoms with E-state index < -0.39 is 0 Å². The van der Waals surface area contributed by atoms with Gasteiger partial charge in [0.2, 0.25) is 0 Å². The lowest BCUT2D eigenvalue weighted by Crippen LogP contribution is -2.28. The minimum absolute atomic E-state index is 0. The molecule has 1 heterocycles. The highest BCUT2D eigenvalue weighted by atomic mass is 35.5. The molecule has 0 unspecified atom stereocenters. The molecule has 0 bridgehead atoms. The number of anilines is 1. The summed E-state index contributed by atoms with van der Waals surface area (Å²) < 4.78 is 0. The van der Waals surface area contributed by atoms with Crippen LogP contribution in [0, 0.1) is 0 Å². The number of nitrogens with zero attached hydrogens (tertiary/aromatic N) is 1. The zero-order valence-corrected chi connectivity index (χ0v) is 14.0. The molecule has 1 aliphatic heterocycles. The molecule has 0 aliphatic carbocycles. The average Bonchev–Trinajstić information content (AvgIpc) is 2.80. The van der Waals surface area contributed by atoms with Crippen LogP contribution in [0.2, 0.25) is 0 Å². The van der Waals surface area contributed by atoms with Crippen molar-refractivity contribution in [2.24, 2.45) is 5.73 Å². The van der Waals surface area contributed by atoms with Gasteiger partial charge >= 0.3 is 0 Å². The monoisotopic (exact) mass is 339 g/mol. The fraction of sp³-hybridized carbons (Fsp3) is 0.294. The molecular formula is C17H23Cl2N3. The third-order valence-corrected chi connectivity index (χ3v) is 4.03. The first-order chi connectivity index (χ1) is 9.72. The second kappa shape index (κ2) is 8.39. The van der Waals surface area contributed by atoms with Crippen LogP contribution in [0.3, 0.4) is 0 Å². The third-order valence-electron chi connectivity index (χ3n) is 4.03. The van der Waals surface area contributed by atoms with Crippen LogP contribution in [0.15, 0.2) is 54.6 Å². The summed E-state index contributed by atoms with van der Waals surface area (Å²) in [4.78, 5) is 2.41. The first-order valence-electron chi connectivity index (χ1n) is 7.09. The molecule has 1 aliphatic rings. The van der Waals surface area contributed by atoms with Crippen molar-refractivity contribution in [2.75, 3.05) is 18.8 Å². The molecule has 2 aromatic rings. The molecule has 0 amide bonds. The standard InChI is InChI=1S/C17H21N3.2ClH/c18-15-8-4-5-13(9-15)10-20-11-16(17(19)12-20)14-6-2-1-3-7-14;;/h1-9,16-17H,10-12,18-19H2;2*1H/t16-,17+;;/m0../s1. The highest BCUT2D eigenvalue weighted by Crippen LogP contribution is 2.27. The van der Waals surface area contributed by atoms with Crippen molar-refractivity contribution >= 4 is 30.5 Å². The molecule has 2 aromatic carbocycles. The maximum Gasteiger partial charge on any atom is 0.0317 e. The van der Waals surface area contributed by atoms with Crippen LogP contribution in [-0.4, -0.2) is 24.0 Å². The van der Waals surface area contributed by atoms with Crippen LogP contribution < -0.4 is 11.5 Å². The van der Waals surface area contributed by atoms with Crippen molar-refractivity contribution in [1.29, 1.82) is 0 Å². The van der Waals surface area contributed by atoms with Gasteiger partial charge in [-0.2, -0.15) is 0 Å². The van der Waals surface area contributed by atoms with Gasteiger partial charge in [-0.15, -0.1) is 24.8 Å². The Morgan fingerprint density at radius 1 is 0.955 bits per heavy atom. The molecule has 120 valence electrons. The van der Waals surface area contributed by atoms with Crippen LogP contribution in [0.4, 0.5) is 5.69 Å². The second-order valence-corrected chi connectivity index (χ2v) is 5.62. The van der Waals surface area contributed by atoms with E-state index in [-0.39, 0.29) is 30.9 Å². The van der Waals surface area contributed by atoms with E-state index in [0.717, 1.165) is 25.3 Å². The summed E-state index contributed by atoms with van der Waals surface area (Å²) >= 11 is 0. The van der Waals surface area contributed by atoms with Crippen LogP contribution in [-0.2, 0) is 6.54 Å². The lowest BCUT2D eigenvalue weighted by molar-refractivity contribution is 0.324. The number of halogens is 2. The van der Waals surface area contributed by atoms with Crippen molar-refractivity contribution in [2.45, 2.75) is 18.5 Å². The molecule has 0 radical (unpaired) electrons. The Balaban J connectivity index is 0.00000121. The van der Waals surface area contributed by atoms with Gasteiger partial charge in [0, 0.05) is 37.3 Å². The van der Waals surface area contributed by atoms with E-state index in [4.69, 9.17) is 11.5 Å². The summed E-state index contributed by atoms with van der Waals surface area (Å²) in [5.74, 6) is 0.428. The molecule has 4 N–H and O–H groups in total. The molecule has 22 heavy (non-hydrogen) atoms. The smallest absolute Gasteiger partial charge is 0.0317 e. The molecule has 0 spiro atoms. The summed E-state index contributed by atoms with van der Waals surface area (Å²) in [5.41, 5.74) is 15.6. The number of nitrogen functional groups attached to an aromatic ring is 1. The Morgan fingerprint density at radius 3 is 2.36 bits per heavy atom. The SMILES string of the molecule is Cl.Cl.Nc1cccc(CN2C[C@@H](N)[C@H](c3ccccc3)C2)c1. The van der Waals surface area contributed by atoms with Gasteiger partial charge in [-0.1, -0.05) is 42.5 Å². The number of hydrogen-bond acceptors (Lipinski definition) is 3. The summed E-state index contributed by atoms with van der Waals surface area (Å²) in [6.07, 6.45) is 0. The predicted octanol–water partition coefficient (Wildman–Crippen LogP) is 3.04. The number of rotatable bonds is 3. The molecule has 0 aromatic heterocycles. The van der Waals surface area contributed by atoms with Crippen molar-refractivity contribution in [3.8, 4) is 0 Å². The number of benzene rings is 2. The molecule has 1 saturated heterocycles. The molecule has 5 heteroatoms. The van der Waals surface area contributed by atoms with E-state index >= 15 is 0 Å². The number of hydrogen-bond donors (Lipinski definition) is 2. The number of nitrogens with two attached hydrogens (primary N) is 2. The molecule has 1 fully saturated rings. The van der Waals surface area contributed by atoms with Crippen LogP contribution in [0.25, 0.3) is 0 Å². The van der Waals surface area contributed by atoms with Crippen LogP contribution in [0.1, 0.15) is 17.0 Å². The third kappa shape index (κ3) is 4.37. The molecule has 3 rings (SSSR count). The Kier molecular flexibility index (Phi) is 7.17. The van der Waals surface area contributed by atoms with Gasteiger partial charge in [0.15, 0.2) is 0 Å². The first kappa shape index (κ1) is 18.8. The van der Waals surface area contributed by atoms with Crippen molar-refractivity contribution in [1.82, 2.24) is 4.90 Å². The van der Waals surface area contributed by atoms with E-state index in [1.807, 2.05) is 18.2 Å². The largest absolute Gasteiger partial charge is 0.399 e. The minimum Gasteiger partial charge on any atom is -0.399 e. The van der Waals surface area contributed by atoms with E-state index in [1.165, 1.54) is 11.1 Å². The molecule has 3 nitrogen and oxygen atoms in total. The summed E-state index contributed by atoms with van der Waals surface area (Å²) in [7, 11) is 0. The van der Waals surface area contributed by atoms with Crippen molar-refractivity contribution in [3.63, 3.8) is 0 Å². The average molecular weight is 340 g/mol. The highest BCUT2D eigenvalue weighted by Gasteiger charge is 2.30. The van der Waals surface area contributed by atoms with Gasteiger partial charge in [-0.25, -0.2) is 0 Å². The van der Waals surface area contributed by atoms with Gasteiger partial charge in [0.1, 0.15) is 0 Å². The Hall–Kier alpha value is -1.26. The zero-order chi connectivity index (χ0) is 13.9. The zero-order valence-electron chi connectivity index (χ0n) is 12.4. The van der Waals surface area contributed by atoms with Crippen LogP contribution >= 0.6 is 24.8 Å². The normalized spacial score (nSPS) is 21.0. The van der Waals surface area contributed by atoms with Gasteiger partial charge in [0.25, 0.3) is 0 Å². The fourth-order valence-electron chi connectivity index (χ4n) is 3.05. The lowest BCUT2D eigenvalue weighted by atomic mass is 9.95. The summed E-state index contributed by atoms with van der Waals surface area (Å²) in [6.45, 7) is 2.87. The predicted molar refractivity (Wildman–Crippen MR) is 97.8 cm³/mol. The Morgan fingerprint density at radius 2 is 1.68 bits per heavy atom. The van der Waals surface area contributed by atoms with Gasteiger partial charge < -0.3 is 11.5 Å². The topological polar surface area (TPSA) is 55.3 Å². The molecule has 0 saturated carbocycles. The Bertz CT molecular complexity index is 577. The molecule has 2 atom stereocenters. The maximum absolute atomic E-state index is 6.32. The summed E-state index contributed by atoms with van der Waals surface area (Å²) in [6, 6.07) is 18.9. The van der Waals surface area contributed by atoms with Gasteiger partial charge in [-0.05, 0) is 23.3 Å². The van der Waals surface area contributed by atoms with E-state index in [9.17, 15) is 0 Å². The van der Waals surface area contributed by atoms with Crippen LogP contribution in [0.5, 0.6) is 0 Å². The van der Waals surface area contributed by atoms with E-state index in [2.05, 4.69) is 41.3 Å². The van der Waals surface area contributed by atoms with E-state index in [0.29, 0.717) is 5.92 Å². The van der Waals surface area contributed by atoms with Crippen molar-refractivity contribution < 1.29 is 0 Å². The minimum atomic E-state index is 0. The van der Waals surface area contributed by atoms with Crippen molar-refractivity contribution in [3.05, 3.63) is 65.7 Å². The maximum atomic E-state index is 6.32. The number of likely N-dealkylation sites (tertiary alicyclic amines) is 1. The lowest BCUT2D eigenvalue weighted by Gasteiger charge is -2.16. The quantitative estimate of drug-likeness (QED) is 0.845. The van der Waals surface area contributed by atoms with E-state index in [1.54, 1.807) is 0 Å². The first-order valence-corrected chi connectivity index (χ1v) is 7.09. The molecular weight excluding hydrogens is 317 g/mol. The second-order valence-electron chi connectivity index (χ2n) is 5.62. The summed E-state index contributed by atoms with van der Waals surface area (Å²) in [5, 5.41) is 0. The Labute approximate surface area is 144 Å². The van der Waals surface area contributed by atoms with Gasteiger partial charge in [-0.3, -0.25) is 4.90 Å². The fourth-order valence-corrected chi connectivity index (χ4v) is 3.05. The highest BCUT2D eigenvalue weighted by molar-refractivity contribution is 5.85.